The number of halogens is 1. The Balaban J connectivity index is 2.46. The molecule has 0 unspecified atom stereocenters. The van der Waals surface area contributed by atoms with E-state index in [9.17, 15) is 4.79 Å². The Kier molecular flexibility index (Phi) is 3.49. The zero-order chi connectivity index (χ0) is 11.5. The highest BCUT2D eigenvalue weighted by atomic mass is 79.9. The number of nitrogens with zero attached hydrogens (tertiary/aromatic N) is 1. The SMILES string of the molecule is COc1cccc2c1N(C(=O)CBr)CCC2. The maximum atomic E-state index is 11.8. The van der Waals surface area contributed by atoms with Crippen LogP contribution in [0.4, 0.5) is 5.69 Å². The lowest BCUT2D eigenvalue weighted by Gasteiger charge is -2.30. The number of alkyl halides is 1. The first-order chi connectivity index (χ1) is 7.77. The monoisotopic (exact) mass is 283 g/mol. The maximum absolute atomic E-state index is 11.8. The van der Waals surface area contributed by atoms with E-state index in [1.54, 1.807) is 7.11 Å². The van der Waals surface area contributed by atoms with Crippen LogP contribution in [0.1, 0.15) is 12.0 Å². The van der Waals surface area contributed by atoms with Gasteiger partial charge in [0.1, 0.15) is 5.75 Å². The number of fused-ring (bicyclic) bond motifs is 1. The van der Waals surface area contributed by atoms with Gasteiger partial charge in [0.15, 0.2) is 0 Å². The predicted molar refractivity (Wildman–Crippen MR) is 67.5 cm³/mol. The molecule has 0 fully saturated rings. The minimum Gasteiger partial charge on any atom is -0.495 e. The van der Waals surface area contributed by atoms with E-state index < -0.39 is 0 Å². The molecule has 0 aliphatic carbocycles. The molecule has 0 atom stereocenters. The van der Waals surface area contributed by atoms with Crippen LogP contribution in [0.25, 0.3) is 0 Å². The van der Waals surface area contributed by atoms with Crippen LogP contribution in [0.3, 0.4) is 0 Å². The molecule has 86 valence electrons. The second kappa shape index (κ2) is 4.87. The summed E-state index contributed by atoms with van der Waals surface area (Å²) in [4.78, 5) is 13.6. The molecule has 0 bridgehead atoms. The number of amides is 1. The molecule has 16 heavy (non-hydrogen) atoms. The fourth-order valence-electron chi connectivity index (χ4n) is 2.10. The highest BCUT2D eigenvalue weighted by molar-refractivity contribution is 9.09. The molecule has 0 spiro atoms. The van der Waals surface area contributed by atoms with Gasteiger partial charge in [-0.1, -0.05) is 28.1 Å². The molecule has 1 aliphatic rings. The molecule has 1 aromatic carbocycles. The molecule has 4 heteroatoms. The molecule has 0 aromatic heterocycles. The molecule has 0 radical (unpaired) electrons. The summed E-state index contributed by atoms with van der Waals surface area (Å²) in [7, 11) is 1.64. The van der Waals surface area contributed by atoms with Crippen LogP contribution < -0.4 is 9.64 Å². The van der Waals surface area contributed by atoms with E-state index in [2.05, 4.69) is 22.0 Å². The normalized spacial score (nSPS) is 14.5. The zero-order valence-corrected chi connectivity index (χ0v) is 10.8. The standard InChI is InChI=1S/C12H14BrNO2/c1-16-10-6-2-4-9-5-3-7-14(12(9)10)11(15)8-13/h2,4,6H,3,5,7-8H2,1H3. The summed E-state index contributed by atoms with van der Waals surface area (Å²) in [5.74, 6) is 0.872. The first kappa shape index (κ1) is 11.5. The van der Waals surface area contributed by atoms with Crippen LogP contribution in [-0.4, -0.2) is 24.9 Å². The third-order valence-corrected chi connectivity index (χ3v) is 3.30. The van der Waals surface area contributed by atoms with Gasteiger partial charge < -0.3 is 9.64 Å². The first-order valence-corrected chi connectivity index (χ1v) is 6.42. The Labute approximate surface area is 104 Å². The smallest absolute Gasteiger partial charge is 0.237 e. The second-order valence-corrected chi connectivity index (χ2v) is 4.31. The van der Waals surface area contributed by atoms with Crippen molar-refractivity contribution >= 4 is 27.5 Å². The van der Waals surface area contributed by atoms with E-state index in [-0.39, 0.29) is 5.91 Å². The van der Waals surface area contributed by atoms with Gasteiger partial charge in [0.2, 0.25) is 5.91 Å². The highest BCUT2D eigenvalue weighted by Crippen LogP contribution is 2.36. The third-order valence-electron chi connectivity index (χ3n) is 2.82. The summed E-state index contributed by atoms with van der Waals surface area (Å²) >= 11 is 3.22. The van der Waals surface area contributed by atoms with E-state index in [1.165, 1.54) is 5.56 Å². The molecular weight excluding hydrogens is 270 g/mol. The molecule has 0 N–H and O–H groups in total. The van der Waals surface area contributed by atoms with Crippen molar-refractivity contribution < 1.29 is 9.53 Å². The number of benzene rings is 1. The van der Waals surface area contributed by atoms with Crippen molar-refractivity contribution in [3.63, 3.8) is 0 Å². The average molecular weight is 284 g/mol. The van der Waals surface area contributed by atoms with Gasteiger partial charge in [-0.15, -0.1) is 0 Å². The van der Waals surface area contributed by atoms with Crippen LogP contribution in [-0.2, 0) is 11.2 Å². The average Bonchev–Trinajstić information content (AvgIpc) is 2.36. The number of rotatable bonds is 2. The molecule has 0 saturated heterocycles. The molecule has 1 amide bonds. The van der Waals surface area contributed by atoms with Gasteiger partial charge in [0, 0.05) is 6.54 Å². The van der Waals surface area contributed by atoms with Gasteiger partial charge in [-0.3, -0.25) is 4.79 Å². The summed E-state index contributed by atoms with van der Waals surface area (Å²) in [5.41, 5.74) is 2.14. The van der Waals surface area contributed by atoms with E-state index in [0.717, 1.165) is 30.8 Å². The second-order valence-electron chi connectivity index (χ2n) is 3.75. The van der Waals surface area contributed by atoms with Gasteiger partial charge in [0.25, 0.3) is 0 Å². The van der Waals surface area contributed by atoms with Gasteiger partial charge in [-0.25, -0.2) is 0 Å². The van der Waals surface area contributed by atoms with Crippen LogP contribution in [0.15, 0.2) is 18.2 Å². The molecule has 1 aromatic rings. The number of aryl methyl sites for hydroxylation is 1. The van der Waals surface area contributed by atoms with Crippen LogP contribution in [0.2, 0.25) is 0 Å². The zero-order valence-electron chi connectivity index (χ0n) is 9.20. The Bertz CT molecular complexity index is 392. The lowest BCUT2D eigenvalue weighted by atomic mass is 10.0. The number of methoxy groups -OCH3 is 1. The lowest BCUT2D eigenvalue weighted by molar-refractivity contribution is -0.116. The Morgan fingerprint density at radius 1 is 1.56 bits per heavy atom. The number of hydrogen-bond acceptors (Lipinski definition) is 2. The minimum atomic E-state index is 0.0884. The van der Waals surface area contributed by atoms with E-state index >= 15 is 0 Å². The van der Waals surface area contributed by atoms with Gasteiger partial charge >= 0.3 is 0 Å². The Morgan fingerprint density at radius 3 is 3.06 bits per heavy atom. The van der Waals surface area contributed by atoms with E-state index in [0.29, 0.717) is 5.33 Å². The van der Waals surface area contributed by atoms with Crippen molar-refractivity contribution in [2.24, 2.45) is 0 Å². The number of carbonyl (C=O) groups excluding carboxylic acids is 1. The molecule has 3 nitrogen and oxygen atoms in total. The molecule has 2 rings (SSSR count). The van der Waals surface area contributed by atoms with Crippen molar-refractivity contribution in [2.75, 3.05) is 23.9 Å². The van der Waals surface area contributed by atoms with Gasteiger partial charge in [0.05, 0.1) is 18.1 Å². The van der Waals surface area contributed by atoms with Crippen LogP contribution >= 0.6 is 15.9 Å². The largest absolute Gasteiger partial charge is 0.495 e. The minimum absolute atomic E-state index is 0.0884. The molecule has 1 heterocycles. The lowest BCUT2D eigenvalue weighted by Crippen LogP contribution is -2.36. The van der Waals surface area contributed by atoms with Crippen LogP contribution in [0, 0.1) is 0 Å². The molecule has 1 aliphatic heterocycles. The fraction of sp³-hybridized carbons (Fsp3) is 0.417. The van der Waals surface area contributed by atoms with Crippen molar-refractivity contribution in [2.45, 2.75) is 12.8 Å². The highest BCUT2D eigenvalue weighted by Gasteiger charge is 2.24. The fourth-order valence-corrected chi connectivity index (χ4v) is 2.40. The molecular formula is C12H14BrNO2. The first-order valence-electron chi connectivity index (χ1n) is 5.30. The third kappa shape index (κ3) is 1.94. The summed E-state index contributed by atoms with van der Waals surface area (Å²) < 4.78 is 5.33. The number of hydrogen-bond donors (Lipinski definition) is 0. The molecule has 0 saturated carbocycles. The number of anilines is 1. The summed E-state index contributed by atoms with van der Waals surface area (Å²) in [6, 6.07) is 5.93. The topological polar surface area (TPSA) is 29.5 Å². The predicted octanol–water partition coefficient (Wildman–Crippen LogP) is 2.37. The Morgan fingerprint density at radius 2 is 2.38 bits per heavy atom. The summed E-state index contributed by atoms with van der Waals surface area (Å²) in [6.45, 7) is 0.776. The number of para-hydroxylation sites is 1. The van der Waals surface area contributed by atoms with Gasteiger partial charge in [-0.2, -0.15) is 0 Å². The summed E-state index contributed by atoms with van der Waals surface area (Å²) in [6.07, 6.45) is 2.03. The van der Waals surface area contributed by atoms with Crippen molar-refractivity contribution in [3.8, 4) is 5.75 Å². The van der Waals surface area contributed by atoms with Gasteiger partial charge in [-0.05, 0) is 24.5 Å². The van der Waals surface area contributed by atoms with E-state index in [1.807, 2.05) is 17.0 Å². The van der Waals surface area contributed by atoms with E-state index in [4.69, 9.17) is 4.74 Å². The van der Waals surface area contributed by atoms with Crippen molar-refractivity contribution in [3.05, 3.63) is 23.8 Å². The number of carbonyl (C=O) groups is 1. The quantitative estimate of drug-likeness (QED) is 0.780. The van der Waals surface area contributed by atoms with Crippen molar-refractivity contribution in [1.29, 1.82) is 0 Å². The number of ether oxygens (including phenoxy) is 1. The maximum Gasteiger partial charge on any atom is 0.237 e. The van der Waals surface area contributed by atoms with Crippen LogP contribution in [0.5, 0.6) is 5.75 Å². The Hall–Kier alpha value is -1.03. The summed E-state index contributed by atoms with van der Waals surface area (Å²) in [5, 5.41) is 0.352. The van der Waals surface area contributed by atoms with Crippen molar-refractivity contribution in [1.82, 2.24) is 0 Å².